The Morgan fingerprint density at radius 2 is 1.65 bits per heavy atom. The number of hydrogen-bond donors (Lipinski definition) is 0. The van der Waals surface area contributed by atoms with Gasteiger partial charge in [0.25, 0.3) is 0 Å². The molecule has 49 heavy (non-hydrogen) atoms. The molecule has 0 unspecified atom stereocenters. The molecule has 1 fully saturated rings. The maximum absolute atomic E-state index is 14.1. The van der Waals surface area contributed by atoms with E-state index in [-0.39, 0.29) is 53.9 Å². The topological polar surface area (TPSA) is 143 Å². The molecule has 0 saturated carbocycles. The number of fused-ring (bicyclic) bond motifs is 7. The molecular formula is C38H38MgN4O6-2. The summed E-state index contributed by atoms with van der Waals surface area (Å²) < 4.78 is 10.4. The molecule has 0 N–H and O–H groups in total. The van der Waals surface area contributed by atoms with Crippen LogP contribution < -0.4 is 25.7 Å². The van der Waals surface area contributed by atoms with Crippen molar-refractivity contribution in [2.45, 2.75) is 60.3 Å². The van der Waals surface area contributed by atoms with E-state index in [4.69, 9.17) is 29.7 Å². The first kappa shape index (κ1) is 35.9. The average Bonchev–Trinajstić information content (AvgIpc) is 3.82. The Bertz CT molecular complexity index is 2070. The SMILES string of the molecule is C=CCOC(=O)CC[C@@H]1/C2=C3/c4[n-]c(c(C)c4C(=O)[C@@H]3C(=O)OC)/C=c3\[n-]/c(c(C=O)c3CC)=C\c3[n-]c(c(C)c3CC)/C=C(\[N-]2)[C@H]1C.[Mg+2]. The van der Waals surface area contributed by atoms with Crippen molar-refractivity contribution in [1.29, 1.82) is 0 Å². The number of ketones is 1. The molecule has 3 aromatic rings. The Kier molecular flexibility index (Phi) is 10.4. The van der Waals surface area contributed by atoms with Crippen LogP contribution in [0.25, 0.3) is 29.1 Å². The standard InChI is InChI=1S/C38H39N4O6.Mg/c1-8-13-48-31(44)12-11-23-19(5)26-14-25-18(4)21(9-2)28(39-25)16-30-24(17-43)22(10-3)29(40-30)15-27-20(6)32-36(42-27)33(35(23)41-26)34(37(32)45)38(46)47-7;/h8,14-17,19,23,34H,1,9-13H2,2-7H3,(H-,41,42,43,45);/q-3;+2/p-1/b26-14-,30-16-;/t19-,23-,34+;/m0./s1. The molecule has 2 aliphatic heterocycles. The zero-order chi connectivity index (χ0) is 34.4. The number of allylic oxidation sites excluding steroid dienone is 2. The summed E-state index contributed by atoms with van der Waals surface area (Å²) in [5.41, 5.74) is 8.22. The maximum atomic E-state index is 14.1. The van der Waals surface area contributed by atoms with Crippen LogP contribution in [0, 0.1) is 31.6 Å². The van der Waals surface area contributed by atoms with E-state index >= 15 is 0 Å². The fourth-order valence-electron chi connectivity index (χ4n) is 7.32. The molecule has 0 radical (unpaired) electrons. The monoisotopic (exact) mass is 670 g/mol. The number of methoxy groups -OCH3 is 1. The molecule has 8 bridgehead atoms. The van der Waals surface area contributed by atoms with Gasteiger partial charge in [-0.3, -0.25) is 19.2 Å². The first-order valence-corrected chi connectivity index (χ1v) is 16.3. The van der Waals surface area contributed by atoms with Crippen LogP contribution in [0.5, 0.6) is 0 Å². The summed E-state index contributed by atoms with van der Waals surface area (Å²) >= 11 is 0. The van der Waals surface area contributed by atoms with Crippen LogP contribution in [-0.4, -0.2) is 60.8 Å². The van der Waals surface area contributed by atoms with Gasteiger partial charge in [0.15, 0.2) is 5.78 Å². The van der Waals surface area contributed by atoms with E-state index in [1.54, 1.807) is 13.0 Å². The quantitative estimate of drug-likeness (QED) is 0.110. The van der Waals surface area contributed by atoms with Gasteiger partial charge in [0.2, 0.25) is 0 Å². The number of ether oxygens (including phenoxy) is 2. The Labute approximate surface area is 301 Å². The molecule has 0 spiro atoms. The van der Waals surface area contributed by atoms with Crippen LogP contribution in [0.3, 0.4) is 0 Å². The summed E-state index contributed by atoms with van der Waals surface area (Å²) in [5, 5.41) is 6.23. The molecule has 0 amide bonds. The largest absolute Gasteiger partial charge is 2.00 e. The second kappa shape index (κ2) is 14.2. The molecule has 5 heterocycles. The van der Waals surface area contributed by atoms with Gasteiger partial charge in [0, 0.05) is 17.5 Å². The van der Waals surface area contributed by atoms with Gasteiger partial charge in [0.1, 0.15) is 18.8 Å². The Morgan fingerprint density at radius 1 is 0.959 bits per heavy atom. The minimum atomic E-state index is -1.25. The number of aromatic nitrogens is 3. The molecule has 3 aliphatic rings. The van der Waals surface area contributed by atoms with Crippen molar-refractivity contribution < 1.29 is 28.7 Å². The van der Waals surface area contributed by atoms with E-state index in [1.165, 1.54) is 13.2 Å². The van der Waals surface area contributed by atoms with Crippen molar-refractivity contribution in [3.8, 4) is 0 Å². The van der Waals surface area contributed by atoms with Crippen LogP contribution >= 0.6 is 0 Å². The normalized spacial score (nSPS) is 22.9. The van der Waals surface area contributed by atoms with E-state index < -0.39 is 17.7 Å². The fraction of sp³-hybridized carbons (Fsp3) is 0.368. The molecular weight excluding hydrogens is 633 g/mol. The van der Waals surface area contributed by atoms with Crippen LogP contribution in [0.4, 0.5) is 0 Å². The Balaban J connectivity index is 0.00000468. The molecule has 3 aromatic heterocycles. The zero-order valence-electron chi connectivity index (χ0n) is 28.8. The molecule has 6 rings (SSSR count). The third-order valence-electron chi connectivity index (χ3n) is 9.88. The van der Waals surface area contributed by atoms with Gasteiger partial charge in [-0.1, -0.05) is 79.5 Å². The van der Waals surface area contributed by atoms with E-state index in [2.05, 4.69) is 13.5 Å². The Hall–Kier alpha value is -4.35. The first-order valence-electron chi connectivity index (χ1n) is 16.3. The smallest absolute Gasteiger partial charge is 0.664 e. The van der Waals surface area contributed by atoms with Gasteiger partial charge in [-0.05, 0) is 44.9 Å². The summed E-state index contributed by atoms with van der Waals surface area (Å²) in [4.78, 5) is 67.4. The number of nitrogens with zero attached hydrogens (tertiary/aromatic N) is 4. The molecule has 11 heteroatoms. The fourth-order valence-corrected chi connectivity index (χ4v) is 7.32. The third-order valence-corrected chi connectivity index (χ3v) is 9.88. The second-order valence-electron chi connectivity index (χ2n) is 12.4. The van der Waals surface area contributed by atoms with Gasteiger partial charge in [-0.2, -0.15) is 11.4 Å². The number of esters is 2. The van der Waals surface area contributed by atoms with Crippen molar-refractivity contribution in [2.75, 3.05) is 13.7 Å². The first-order chi connectivity index (χ1) is 23.1. The van der Waals surface area contributed by atoms with Crippen LogP contribution in [0.2, 0.25) is 0 Å². The van der Waals surface area contributed by atoms with Crippen LogP contribution in [0.1, 0.15) is 99.4 Å². The van der Waals surface area contributed by atoms with E-state index in [9.17, 15) is 19.2 Å². The number of rotatable bonds is 9. The van der Waals surface area contributed by atoms with Crippen molar-refractivity contribution in [1.82, 2.24) is 15.0 Å². The summed E-state index contributed by atoms with van der Waals surface area (Å²) in [7, 11) is 1.25. The van der Waals surface area contributed by atoms with Crippen LogP contribution in [-0.2, 0) is 31.9 Å². The van der Waals surface area contributed by atoms with Gasteiger partial charge in [0.05, 0.1) is 7.11 Å². The number of Topliss-reactive ketones (excluding diaryl/α,β-unsaturated/α-hetero) is 1. The number of carbonyl (C=O) groups excluding carboxylic acids is 4. The maximum Gasteiger partial charge on any atom is 2.00 e. The van der Waals surface area contributed by atoms with Crippen molar-refractivity contribution in [2.24, 2.45) is 17.8 Å². The third kappa shape index (κ3) is 5.97. The van der Waals surface area contributed by atoms with Gasteiger partial charge < -0.3 is 29.7 Å². The number of carbonyl (C=O) groups is 4. The van der Waals surface area contributed by atoms with Crippen molar-refractivity contribution in [3.63, 3.8) is 0 Å². The molecule has 0 aromatic carbocycles. The minimum absolute atomic E-state index is 0. The number of aldehydes is 1. The summed E-state index contributed by atoms with van der Waals surface area (Å²) in [6, 6.07) is 0. The Morgan fingerprint density at radius 3 is 2.31 bits per heavy atom. The molecule has 10 nitrogen and oxygen atoms in total. The van der Waals surface area contributed by atoms with Crippen molar-refractivity contribution >= 4 is 70.9 Å². The predicted molar refractivity (Wildman–Crippen MR) is 186 cm³/mol. The molecule has 1 saturated heterocycles. The molecule has 3 atom stereocenters. The van der Waals surface area contributed by atoms with E-state index in [1.807, 2.05) is 32.9 Å². The van der Waals surface area contributed by atoms with Gasteiger partial charge in [-0.25, -0.2) is 0 Å². The second-order valence-corrected chi connectivity index (χ2v) is 12.4. The van der Waals surface area contributed by atoms with E-state index in [0.29, 0.717) is 75.0 Å². The summed E-state index contributed by atoms with van der Waals surface area (Å²) in [6.07, 6.45) is 9.70. The molecule has 250 valence electrons. The number of hydrogen-bond acceptors (Lipinski definition) is 6. The zero-order valence-corrected chi connectivity index (χ0v) is 30.2. The summed E-state index contributed by atoms with van der Waals surface area (Å²) in [6.45, 7) is 13.6. The summed E-state index contributed by atoms with van der Waals surface area (Å²) in [5.74, 6) is -3.26. The average molecular weight is 671 g/mol. The van der Waals surface area contributed by atoms with E-state index in [0.717, 1.165) is 34.4 Å². The van der Waals surface area contributed by atoms with Gasteiger partial charge >= 0.3 is 35.0 Å². The predicted octanol–water partition coefficient (Wildman–Crippen LogP) is 3.59. The van der Waals surface area contributed by atoms with Crippen LogP contribution in [0.15, 0.2) is 24.0 Å². The van der Waals surface area contributed by atoms with Crippen molar-refractivity contribution in [3.05, 3.63) is 96.2 Å². The minimum Gasteiger partial charge on any atom is -0.664 e. The molecule has 1 aliphatic carbocycles. The van der Waals surface area contributed by atoms with Gasteiger partial charge in [-0.15, -0.1) is 33.5 Å².